The third kappa shape index (κ3) is 2.20. The van der Waals surface area contributed by atoms with Gasteiger partial charge in [0.15, 0.2) is 0 Å². The molecule has 5 nitrogen and oxygen atoms in total. The summed E-state index contributed by atoms with van der Waals surface area (Å²) in [4.78, 5) is 25.6. The van der Waals surface area contributed by atoms with Crippen molar-refractivity contribution >= 4 is 16.9 Å². The third-order valence-corrected chi connectivity index (χ3v) is 3.75. The first-order chi connectivity index (χ1) is 9.15. The van der Waals surface area contributed by atoms with Crippen LogP contribution in [0.2, 0.25) is 0 Å². The van der Waals surface area contributed by atoms with Crippen molar-refractivity contribution < 1.29 is 4.79 Å². The van der Waals surface area contributed by atoms with E-state index in [1.807, 2.05) is 12.3 Å². The van der Waals surface area contributed by atoms with Crippen LogP contribution in [0, 0.1) is 0 Å². The largest absolute Gasteiger partial charge is 0.344 e. The second-order valence-electron chi connectivity index (χ2n) is 5.40. The number of aromatic nitrogens is 3. The van der Waals surface area contributed by atoms with E-state index in [9.17, 15) is 4.79 Å². The summed E-state index contributed by atoms with van der Waals surface area (Å²) in [5, 5.41) is 0.895. The number of fused-ring (bicyclic) bond motifs is 1. The van der Waals surface area contributed by atoms with Crippen LogP contribution in [0.25, 0.3) is 11.0 Å². The van der Waals surface area contributed by atoms with E-state index in [0.29, 0.717) is 11.6 Å². The number of H-pyrrole nitrogens is 1. The average molecular weight is 258 g/mol. The van der Waals surface area contributed by atoms with Gasteiger partial charge in [-0.3, -0.25) is 4.79 Å². The molecule has 0 spiro atoms. The lowest BCUT2D eigenvalue weighted by molar-refractivity contribution is 0.0823. The first kappa shape index (κ1) is 12.1. The van der Waals surface area contributed by atoms with Crippen molar-refractivity contribution in [1.82, 2.24) is 19.9 Å². The lowest BCUT2D eigenvalue weighted by atomic mass is 10.1. The van der Waals surface area contributed by atoms with Crippen LogP contribution in [0.15, 0.2) is 12.3 Å². The Morgan fingerprint density at radius 2 is 2.11 bits per heavy atom. The summed E-state index contributed by atoms with van der Waals surface area (Å²) in [6, 6.07) is 1.82. The fraction of sp³-hybridized carbons (Fsp3) is 0.500. The van der Waals surface area contributed by atoms with Crippen LogP contribution in [0.4, 0.5) is 0 Å². The van der Waals surface area contributed by atoms with Crippen molar-refractivity contribution in [2.45, 2.75) is 31.6 Å². The maximum atomic E-state index is 11.9. The highest BCUT2D eigenvalue weighted by Crippen LogP contribution is 2.32. The summed E-state index contributed by atoms with van der Waals surface area (Å²) in [6.45, 7) is 0. The minimum Gasteiger partial charge on any atom is -0.344 e. The van der Waals surface area contributed by atoms with Gasteiger partial charge < -0.3 is 9.88 Å². The summed E-state index contributed by atoms with van der Waals surface area (Å²) < 4.78 is 0. The number of rotatable bonds is 2. The average Bonchev–Trinajstić information content (AvgIpc) is 3.05. The Balaban J connectivity index is 1.96. The molecule has 100 valence electrons. The zero-order valence-electron chi connectivity index (χ0n) is 11.3. The summed E-state index contributed by atoms with van der Waals surface area (Å²) in [6.07, 6.45) is 6.70. The van der Waals surface area contributed by atoms with Crippen LogP contribution in [-0.4, -0.2) is 39.9 Å². The number of carbonyl (C=O) groups excluding carboxylic acids is 1. The van der Waals surface area contributed by atoms with Crippen LogP contribution in [0.1, 0.15) is 47.9 Å². The first-order valence-corrected chi connectivity index (χ1v) is 6.72. The van der Waals surface area contributed by atoms with Gasteiger partial charge in [-0.25, -0.2) is 9.97 Å². The Labute approximate surface area is 112 Å². The molecule has 19 heavy (non-hydrogen) atoms. The van der Waals surface area contributed by atoms with Crippen LogP contribution in [-0.2, 0) is 0 Å². The zero-order valence-corrected chi connectivity index (χ0v) is 11.3. The lowest BCUT2D eigenvalue weighted by Crippen LogP contribution is -2.21. The molecule has 0 radical (unpaired) electrons. The molecule has 1 fully saturated rings. The fourth-order valence-corrected chi connectivity index (χ4v) is 2.67. The zero-order chi connectivity index (χ0) is 13.4. The third-order valence-electron chi connectivity index (χ3n) is 3.75. The molecule has 0 bridgehead atoms. The maximum absolute atomic E-state index is 11.9. The summed E-state index contributed by atoms with van der Waals surface area (Å²) in [5.74, 6) is 1.36. The number of aromatic amines is 1. The van der Waals surface area contributed by atoms with Gasteiger partial charge in [0, 0.05) is 31.6 Å². The molecule has 1 amide bonds. The Bertz CT molecular complexity index is 611. The van der Waals surface area contributed by atoms with E-state index in [2.05, 4.69) is 15.0 Å². The topological polar surface area (TPSA) is 61.9 Å². The standard InChI is InChI=1S/C14H18N4O/c1-18(2)14(19)11-7-10-8-15-12(17-13(10)16-11)9-5-3-4-6-9/h7-9H,3-6H2,1-2H3,(H,15,16,17). The van der Waals surface area contributed by atoms with Gasteiger partial charge in [0.2, 0.25) is 0 Å². The smallest absolute Gasteiger partial charge is 0.269 e. The number of nitrogens with one attached hydrogen (secondary N) is 1. The molecule has 1 aliphatic rings. The van der Waals surface area contributed by atoms with Crippen LogP contribution in [0.3, 0.4) is 0 Å². The van der Waals surface area contributed by atoms with Crippen LogP contribution >= 0.6 is 0 Å². The Morgan fingerprint density at radius 3 is 2.79 bits per heavy atom. The summed E-state index contributed by atoms with van der Waals surface area (Å²) in [7, 11) is 3.48. The molecule has 1 N–H and O–H groups in total. The van der Waals surface area contributed by atoms with E-state index >= 15 is 0 Å². The molecule has 3 rings (SSSR count). The molecule has 0 aromatic carbocycles. The van der Waals surface area contributed by atoms with E-state index in [1.54, 1.807) is 19.0 Å². The van der Waals surface area contributed by atoms with Crippen molar-refractivity contribution in [2.24, 2.45) is 0 Å². The second-order valence-corrected chi connectivity index (χ2v) is 5.40. The number of carbonyl (C=O) groups is 1. The molecule has 5 heteroatoms. The lowest BCUT2D eigenvalue weighted by Gasteiger charge is -2.07. The van der Waals surface area contributed by atoms with Crippen LogP contribution in [0.5, 0.6) is 0 Å². The van der Waals surface area contributed by atoms with Crippen molar-refractivity contribution in [3.05, 3.63) is 23.8 Å². The minimum atomic E-state index is -0.0413. The molecule has 0 aliphatic heterocycles. The molecular weight excluding hydrogens is 240 g/mol. The Kier molecular flexibility index (Phi) is 2.97. The van der Waals surface area contributed by atoms with Crippen LogP contribution < -0.4 is 0 Å². The predicted octanol–water partition coefficient (Wildman–Crippen LogP) is 2.32. The van der Waals surface area contributed by atoms with E-state index in [1.165, 1.54) is 25.7 Å². The number of hydrogen-bond donors (Lipinski definition) is 1. The molecule has 1 aliphatic carbocycles. The number of hydrogen-bond acceptors (Lipinski definition) is 3. The van der Waals surface area contributed by atoms with Gasteiger partial charge in [0.1, 0.15) is 17.2 Å². The molecular formula is C14H18N4O. The monoisotopic (exact) mass is 258 g/mol. The van der Waals surface area contributed by atoms with Crippen molar-refractivity contribution in [2.75, 3.05) is 14.1 Å². The van der Waals surface area contributed by atoms with Gasteiger partial charge in [-0.2, -0.15) is 0 Å². The molecule has 2 aromatic heterocycles. The van der Waals surface area contributed by atoms with Crippen molar-refractivity contribution in [3.8, 4) is 0 Å². The molecule has 2 aromatic rings. The molecule has 0 unspecified atom stereocenters. The normalized spacial score (nSPS) is 16.1. The molecule has 0 saturated heterocycles. The first-order valence-electron chi connectivity index (χ1n) is 6.72. The highest BCUT2D eigenvalue weighted by molar-refractivity contribution is 5.96. The summed E-state index contributed by atoms with van der Waals surface area (Å²) in [5.41, 5.74) is 1.33. The van der Waals surface area contributed by atoms with Gasteiger partial charge >= 0.3 is 0 Å². The fourth-order valence-electron chi connectivity index (χ4n) is 2.67. The van der Waals surface area contributed by atoms with Crippen molar-refractivity contribution in [1.29, 1.82) is 0 Å². The van der Waals surface area contributed by atoms with E-state index in [4.69, 9.17) is 0 Å². The van der Waals surface area contributed by atoms with Gasteiger partial charge in [-0.15, -0.1) is 0 Å². The Hall–Kier alpha value is -1.91. The van der Waals surface area contributed by atoms with Gasteiger partial charge in [0.25, 0.3) is 5.91 Å². The molecule has 0 atom stereocenters. The quantitative estimate of drug-likeness (QED) is 0.899. The van der Waals surface area contributed by atoms with Gasteiger partial charge in [-0.05, 0) is 18.9 Å². The highest BCUT2D eigenvalue weighted by Gasteiger charge is 2.20. The van der Waals surface area contributed by atoms with E-state index in [0.717, 1.165) is 16.9 Å². The predicted molar refractivity (Wildman–Crippen MR) is 73.1 cm³/mol. The van der Waals surface area contributed by atoms with E-state index in [-0.39, 0.29) is 5.91 Å². The SMILES string of the molecule is CN(C)C(=O)c1cc2cnc(C3CCCC3)nc2[nH]1. The maximum Gasteiger partial charge on any atom is 0.269 e. The van der Waals surface area contributed by atoms with Gasteiger partial charge in [0.05, 0.1) is 0 Å². The van der Waals surface area contributed by atoms with Crippen molar-refractivity contribution in [3.63, 3.8) is 0 Å². The minimum absolute atomic E-state index is 0.0413. The molecule has 1 saturated carbocycles. The van der Waals surface area contributed by atoms with Gasteiger partial charge in [-0.1, -0.05) is 12.8 Å². The highest BCUT2D eigenvalue weighted by atomic mass is 16.2. The number of amides is 1. The number of nitrogens with zero attached hydrogens (tertiary/aromatic N) is 3. The Morgan fingerprint density at radius 1 is 1.37 bits per heavy atom. The molecule has 2 heterocycles. The summed E-state index contributed by atoms with van der Waals surface area (Å²) >= 11 is 0. The van der Waals surface area contributed by atoms with E-state index < -0.39 is 0 Å². The second kappa shape index (κ2) is 4.64.